The van der Waals surface area contributed by atoms with E-state index in [2.05, 4.69) is 19.1 Å². The number of aliphatic hydroxyl groups excluding tert-OH is 1. The highest BCUT2D eigenvalue weighted by Crippen LogP contribution is 2.12. The van der Waals surface area contributed by atoms with Gasteiger partial charge in [0.05, 0.1) is 6.61 Å². The largest absolute Gasteiger partial charge is 0.494 e. The van der Waals surface area contributed by atoms with Gasteiger partial charge in [0, 0.05) is 6.61 Å². The molecule has 0 aliphatic rings. The lowest BCUT2D eigenvalue weighted by Crippen LogP contribution is -1.97. The Morgan fingerprint density at radius 3 is 2.00 bits per heavy atom. The van der Waals surface area contributed by atoms with Crippen LogP contribution in [0.4, 0.5) is 0 Å². The number of ether oxygens (including phenoxy) is 1. The van der Waals surface area contributed by atoms with E-state index < -0.39 is 0 Å². The SMILES string of the molecule is Cc1ccc(OCCCCCCCCCO)cc1. The van der Waals surface area contributed by atoms with Gasteiger partial charge in [-0.15, -0.1) is 0 Å². The minimum atomic E-state index is 0.338. The van der Waals surface area contributed by atoms with Crippen LogP contribution in [0.3, 0.4) is 0 Å². The first kappa shape index (κ1) is 15.0. The zero-order valence-corrected chi connectivity index (χ0v) is 11.5. The molecule has 0 radical (unpaired) electrons. The first-order valence-electron chi connectivity index (χ1n) is 7.13. The van der Waals surface area contributed by atoms with E-state index >= 15 is 0 Å². The molecule has 1 aromatic rings. The topological polar surface area (TPSA) is 29.5 Å². The van der Waals surface area contributed by atoms with Gasteiger partial charge in [-0.2, -0.15) is 0 Å². The summed E-state index contributed by atoms with van der Waals surface area (Å²) in [6.07, 6.45) is 8.30. The fourth-order valence-electron chi connectivity index (χ4n) is 1.92. The summed E-state index contributed by atoms with van der Waals surface area (Å²) in [6.45, 7) is 3.24. The molecule has 0 aromatic heterocycles. The van der Waals surface area contributed by atoms with E-state index in [4.69, 9.17) is 9.84 Å². The Kier molecular flexibility index (Phi) is 8.32. The first-order valence-corrected chi connectivity index (χ1v) is 7.13. The van der Waals surface area contributed by atoms with Crippen LogP contribution in [0.5, 0.6) is 5.75 Å². The molecule has 0 saturated carbocycles. The Labute approximate surface area is 111 Å². The molecule has 0 aliphatic heterocycles. The Hall–Kier alpha value is -1.02. The number of hydrogen-bond donors (Lipinski definition) is 1. The quantitative estimate of drug-likeness (QED) is 0.634. The van der Waals surface area contributed by atoms with Crippen molar-refractivity contribution in [2.24, 2.45) is 0 Å². The molecule has 1 N–H and O–H groups in total. The average Bonchev–Trinajstić information content (AvgIpc) is 2.39. The van der Waals surface area contributed by atoms with Crippen molar-refractivity contribution >= 4 is 0 Å². The van der Waals surface area contributed by atoms with Crippen molar-refractivity contribution in [3.05, 3.63) is 29.8 Å². The summed E-state index contributed by atoms with van der Waals surface area (Å²) in [6, 6.07) is 8.22. The third-order valence-corrected chi connectivity index (χ3v) is 3.09. The molecule has 0 amide bonds. The van der Waals surface area contributed by atoms with Crippen LogP contribution in [0.1, 0.15) is 50.5 Å². The van der Waals surface area contributed by atoms with Crippen LogP contribution < -0.4 is 4.74 Å². The number of aryl methyl sites for hydroxylation is 1. The molecule has 1 rings (SSSR count). The van der Waals surface area contributed by atoms with Gasteiger partial charge in [-0.05, 0) is 31.9 Å². The van der Waals surface area contributed by atoms with Crippen molar-refractivity contribution in [2.45, 2.75) is 51.9 Å². The molecule has 0 spiro atoms. The molecule has 2 nitrogen and oxygen atoms in total. The smallest absolute Gasteiger partial charge is 0.119 e. The maximum atomic E-state index is 8.65. The highest BCUT2D eigenvalue weighted by atomic mass is 16.5. The molecular formula is C16H26O2. The minimum absolute atomic E-state index is 0.338. The fraction of sp³-hybridized carbons (Fsp3) is 0.625. The van der Waals surface area contributed by atoms with Gasteiger partial charge in [0.15, 0.2) is 0 Å². The van der Waals surface area contributed by atoms with E-state index in [1.807, 2.05) is 12.1 Å². The van der Waals surface area contributed by atoms with Gasteiger partial charge in [-0.1, -0.05) is 49.8 Å². The molecule has 0 fully saturated rings. The number of aliphatic hydroxyl groups is 1. The van der Waals surface area contributed by atoms with Crippen molar-refractivity contribution in [2.75, 3.05) is 13.2 Å². The van der Waals surface area contributed by atoms with Crippen LogP contribution >= 0.6 is 0 Å². The standard InChI is InChI=1S/C16H26O2/c1-15-9-11-16(12-10-15)18-14-8-6-4-2-3-5-7-13-17/h9-12,17H,2-8,13-14H2,1H3. The van der Waals surface area contributed by atoms with Gasteiger partial charge in [0.2, 0.25) is 0 Å². The van der Waals surface area contributed by atoms with Gasteiger partial charge in [-0.3, -0.25) is 0 Å². The zero-order valence-electron chi connectivity index (χ0n) is 11.5. The molecule has 18 heavy (non-hydrogen) atoms. The lowest BCUT2D eigenvalue weighted by molar-refractivity contribution is 0.281. The van der Waals surface area contributed by atoms with Crippen LogP contribution in [0.2, 0.25) is 0 Å². The Morgan fingerprint density at radius 1 is 0.833 bits per heavy atom. The number of benzene rings is 1. The van der Waals surface area contributed by atoms with E-state index in [-0.39, 0.29) is 0 Å². The molecule has 2 heteroatoms. The lowest BCUT2D eigenvalue weighted by atomic mass is 10.1. The molecule has 0 atom stereocenters. The third kappa shape index (κ3) is 7.33. The second-order valence-electron chi connectivity index (χ2n) is 4.86. The summed E-state index contributed by atoms with van der Waals surface area (Å²) < 4.78 is 5.67. The van der Waals surface area contributed by atoms with Gasteiger partial charge in [-0.25, -0.2) is 0 Å². The molecule has 102 valence electrons. The first-order chi connectivity index (χ1) is 8.83. The average molecular weight is 250 g/mol. The van der Waals surface area contributed by atoms with Crippen LogP contribution in [-0.2, 0) is 0 Å². The summed E-state index contributed by atoms with van der Waals surface area (Å²) in [5.74, 6) is 0.976. The van der Waals surface area contributed by atoms with Crippen molar-refractivity contribution in [1.82, 2.24) is 0 Å². The van der Waals surface area contributed by atoms with E-state index in [9.17, 15) is 0 Å². The van der Waals surface area contributed by atoms with E-state index in [0.717, 1.165) is 31.6 Å². The van der Waals surface area contributed by atoms with Crippen LogP contribution in [-0.4, -0.2) is 18.3 Å². The highest BCUT2D eigenvalue weighted by molar-refractivity contribution is 5.26. The number of unbranched alkanes of at least 4 members (excludes halogenated alkanes) is 6. The van der Waals surface area contributed by atoms with Crippen molar-refractivity contribution < 1.29 is 9.84 Å². The fourth-order valence-corrected chi connectivity index (χ4v) is 1.92. The van der Waals surface area contributed by atoms with Gasteiger partial charge in [0.25, 0.3) is 0 Å². The second kappa shape index (κ2) is 9.95. The van der Waals surface area contributed by atoms with E-state index in [1.54, 1.807) is 0 Å². The summed E-state index contributed by atoms with van der Waals surface area (Å²) in [5.41, 5.74) is 1.27. The molecule has 0 heterocycles. The summed E-state index contributed by atoms with van der Waals surface area (Å²) in [4.78, 5) is 0. The lowest BCUT2D eigenvalue weighted by Gasteiger charge is -2.06. The summed E-state index contributed by atoms with van der Waals surface area (Å²) in [7, 11) is 0. The molecule has 1 aromatic carbocycles. The van der Waals surface area contributed by atoms with Crippen LogP contribution in [0.25, 0.3) is 0 Å². The third-order valence-electron chi connectivity index (χ3n) is 3.09. The molecule has 0 unspecified atom stereocenters. The monoisotopic (exact) mass is 250 g/mol. The molecule has 0 aliphatic carbocycles. The highest BCUT2D eigenvalue weighted by Gasteiger charge is 1.94. The molecular weight excluding hydrogens is 224 g/mol. The van der Waals surface area contributed by atoms with Gasteiger partial charge >= 0.3 is 0 Å². The van der Waals surface area contributed by atoms with Gasteiger partial charge < -0.3 is 9.84 Å². The summed E-state index contributed by atoms with van der Waals surface area (Å²) in [5, 5.41) is 8.65. The van der Waals surface area contributed by atoms with Crippen LogP contribution in [0, 0.1) is 6.92 Å². The maximum absolute atomic E-state index is 8.65. The molecule has 0 bridgehead atoms. The predicted molar refractivity (Wildman–Crippen MR) is 76.1 cm³/mol. The normalized spacial score (nSPS) is 10.6. The Bertz CT molecular complexity index is 292. The number of hydrogen-bond acceptors (Lipinski definition) is 2. The maximum Gasteiger partial charge on any atom is 0.119 e. The van der Waals surface area contributed by atoms with E-state index in [0.29, 0.717) is 6.61 Å². The van der Waals surface area contributed by atoms with Gasteiger partial charge in [0.1, 0.15) is 5.75 Å². The Morgan fingerprint density at radius 2 is 1.39 bits per heavy atom. The minimum Gasteiger partial charge on any atom is -0.494 e. The van der Waals surface area contributed by atoms with Crippen molar-refractivity contribution in [1.29, 1.82) is 0 Å². The van der Waals surface area contributed by atoms with E-state index in [1.165, 1.54) is 31.2 Å². The van der Waals surface area contributed by atoms with Crippen molar-refractivity contribution in [3.8, 4) is 5.75 Å². The van der Waals surface area contributed by atoms with Crippen LogP contribution in [0.15, 0.2) is 24.3 Å². The Balaban J connectivity index is 1.91. The second-order valence-corrected chi connectivity index (χ2v) is 4.86. The number of rotatable bonds is 10. The zero-order chi connectivity index (χ0) is 13.1. The van der Waals surface area contributed by atoms with Crippen molar-refractivity contribution in [3.63, 3.8) is 0 Å². The molecule has 0 saturated heterocycles. The summed E-state index contributed by atoms with van der Waals surface area (Å²) >= 11 is 0. The predicted octanol–water partition coefficient (Wildman–Crippen LogP) is 4.10.